The van der Waals surface area contributed by atoms with Crippen LogP contribution in [0.2, 0.25) is 0 Å². The van der Waals surface area contributed by atoms with Gasteiger partial charge in [-0.05, 0) is 56.5 Å². The molecule has 0 bridgehead atoms. The lowest BCUT2D eigenvalue weighted by atomic mass is 10.1. The molecule has 3 rings (SSSR count). The molecule has 0 atom stereocenters. The fraction of sp³-hybridized carbons (Fsp3) is 0.500. The number of rotatable bonds is 6. The number of methoxy groups -OCH3 is 1. The van der Waals surface area contributed by atoms with Crippen molar-refractivity contribution in [1.29, 1.82) is 0 Å². The van der Waals surface area contributed by atoms with Crippen LogP contribution in [0.25, 0.3) is 0 Å². The molecule has 11 heteroatoms. The lowest BCUT2D eigenvalue weighted by Crippen LogP contribution is -2.30. The smallest absolute Gasteiger partial charge is 0.435 e. The first-order valence-electron chi connectivity index (χ1n) is 9.10. The SMILES string of the molecule is COC(=O)c1c(NC(=S)NCCCn2nc(C(F)(F)F)cc2C)sc2c1CCC2. The second kappa shape index (κ2) is 8.70. The molecule has 2 aromatic rings. The third-order valence-corrected chi connectivity index (χ3v) is 6.10. The summed E-state index contributed by atoms with van der Waals surface area (Å²) in [6.07, 6.45) is -1.10. The normalized spacial score (nSPS) is 13.3. The van der Waals surface area contributed by atoms with Gasteiger partial charge in [0.05, 0.1) is 12.7 Å². The Labute approximate surface area is 175 Å². The molecule has 2 heterocycles. The van der Waals surface area contributed by atoms with E-state index >= 15 is 0 Å². The molecule has 0 fully saturated rings. The molecule has 0 aromatic carbocycles. The number of ether oxygens (including phenoxy) is 1. The van der Waals surface area contributed by atoms with Crippen molar-refractivity contribution in [1.82, 2.24) is 15.1 Å². The highest BCUT2D eigenvalue weighted by atomic mass is 32.1. The number of aromatic nitrogens is 2. The molecule has 0 saturated heterocycles. The molecule has 29 heavy (non-hydrogen) atoms. The molecular weight excluding hydrogens is 425 g/mol. The average Bonchev–Trinajstić information content (AvgIpc) is 3.32. The molecule has 1 aliphatic rings. The van der Waals surface area contributed by atoms with Crippen LogP contribution >= 0.6 is 23.6 Å². The Balaban J connectivity index is 1.53. The quantitative estimate of drug-likeness (QED) is 0.398. The van der Waals surface area contributed by atoms with Crippen LogP contribution in [0.5, 0.6) is 0 Å². The van der Waals surface area contributed by atoms with Gasteiger partial charge in [0.1, 0.15) is 5.00 Å². The number of carbonyl (C=O) groups is 1. The van der Waals surface area contributed by atoms with E-state index in [1.807, 2.05) is 0 Å². The molecule has 0 aliphatic heterocycles. The number of aryl methyl sites for hydroxylation is 3. The van der Waals surface area contributed by atoms with Crippen LogP contribution in [0.15, 0.2) is 6.07 Å². The Morgan fingerprint density at radius 2 is 2.17 bits per heavy atom. The summed E-state index contributed by atoms with van der Waals surface area (Å²) in [7, 11) is 1.35. The average molecular weight is 447 g/mol. The first-order chi connectivity index (χ1) is 13.7. The number of hydrogen-bond donors (Lipinski definition) is 2. The van der Waals surface area contributed by atoms with Crippen molar-refractivity contribution in [2.45, 2.75) is 45.3 Å². The van der Waals surface area contributed by atoms with Gasteiger partial charge in [0, 0.05) is 23.7 Å². The zero-order chi connectivity index (χ0) is 21.2. The molecule has 2 aromatic heterocycles. The fourth-order valence-electron chi connectivity index (χ4n) is 3.26. The van der Waals surface area contributed by atoms with E-state index in [1.54, 1.807) is 6.92 Å². The molecule has 0 unspecified atom stereocenters. The van der Waals surface area contributed by atoms with E-state index in [2.05, 4.69) is 15.7 Å². The number of nitrogens with one attached hydrogen (secondary N) is 2. The lowest BCUT2D eigenvalue weighted by Gasteiger charge is -2.11. The molecule has 158 valence electrons. The van der Waals surface area contributed by atoms with Crippen molar-refractivity contribution >= 4 is 39.6 Å². The van der Waals surface area contributed by atoms with Crippen LogP contribution in [0.3, 0.4) is 0 Å². The Morgan fingerprint density at radius 1 is 1.41 bits per heavy atom. The number of alkyl halides is 3. The first-order valence-corrected chi connectivity index (χ1v) is 10.3. The van der Waals surface area contributed by atoms with Crippen LogP contribution < -0.4 is 10.6 Å². The van der Waals surface area contributed by atoms with Gasteiger partial charge in [0.2, 0.25) is 0 Å². The van der Waals surface area contributed by atoms with Gasteiger partial charge < -0.3 is 15.4 Å². The predicted octanol–water partition coefficient (Wildman–Crippen LogP) is 3.92. The van der Waals surface area contributed by atoms with Crippen LogP contribution in [-0.2, 0) is 30.3 Å². The van der Waals surface area contributed by atoms with Gasteiger partial charge in [-0.3, -0.25) is 4.68 Å². The largest absolute Gasteiger partial charge is 0.465 e. The maximum absolute atomic E-state index is 12.7. The Kier molecular flexibility index (Phi) is 6.47. The summed E-state index contributed by atoms with van der Waals surface area (Å²) in [5, 5.41) is 10.7. The number of anilines is 1. The summed E-state index contributed by atoms with van der Waals surface area (Å²) in [6, 6.07) is 1.03. The van der Waals surface area contributed by atoms with Gasteiger partial charge in [-0.2, -0.15) is 18.3 Å². The number of hydrogen-bond acceptors (Lipinski definition) is 5. The van der Waals surface area contributed by atoms with Crippen LogP contribution in [-0.4, -0.2) is 34.5 Å². The highest BCUT2D eigenvalue weighted by molar-refractivity contribution is 7.80. The maximum Gasteiger partial charge on any atom is 0.435 e. The van der Waals surface area contributed by atoms with Gasteiger partial charge in [-0.25, -0.2) is 4.79 Å². The lowest BCUT2D eigenvalue weighted by molar-refractivity contribution is -0.141. The third kappa shape index (κ3) is 4.89. The van der Waals surface area contributed by atoms with E-state index in [0.29, 0.717) is 40.9 Å². The van der Waals surface area contributed by atoms with Crippen molar-refractivity contribution in [3.63, 3.8) is 0 Å². The number of nitrogens with zero attached hydrogens (tertiary/aromatic N) is 2. The number of thiocarbonyl (C=S) groups is 1. The van der Waals surface area contributed by atoms with Gasteiger partial charge >= 0.3 is 12.1 Å². The fourth-order valence-corrected chi connectivity index (χ4v) is 4.81. The molecule has 0 saturated carbocycles. The van der Waals surface area contributed by atoms with Gasteiger partial charge in [0.25, 0.3) is 0 Å². The topological polar surface area (TPSA) is 68.2 Å². The Bertz CT molecular complexity index is 921. The molecule has 0 spiro atoms. The van der Waals surface area contributed by atoms with Crippen molar-refractivity contribution in [2.75, 3.05) is 19.0 Å². The van der Waals surface area contributed by atoms with Gasteiger partial charge in [-0.15, -0.1) is 11.3 Å². The minimum atomic E-state index is -4.45. The standard InChI is InChI=1S/C18H21F3N4O2S2/c1-10-9-13(18(19,20)21)24-25(10)8-4-7-22-17(28)23-15-14(16(26)27-2)11-5-3-6-12(11)29-15/h9H,3-8H2,1-2H3,(H2,22,23,28). The van der Waals surface area contributed by atoms with Crippen molar-refractivity contribution in [3.8, 4) is 0 Å². The summed E-state index contributed by atoms with van der Waals surface area (Å²) in [4.78, 5) is 13.3. The summed E-state index contributed by atoms with van der Waals surface area (Å²) in [5.41, 5.74) is 1.14. The zero-order valence-electron chi connectivity index (χ0n) is 16.0. The second-order valence-corrected chi connectivity index (χ2v) is 8.19. The molecular formula is C18H21F3N4O2S2. The van der Waals surface area contributed by atoms with Crippen LogP contribution in [0, 0.1) is 6.92 Å². The van der Waals surface area contributed by atoms with E-state index < -0.39 is 11.9 Å². The molecule has 6 nitrogen and oxygen atoms in total. The van der Waals surface area contributed by atoms with E-state index in [9.17, 15) is 18.0 Å². The molecule has 2 N–H and O–H groups in total. The maximum atomic E-state index is 12.7. The highest BCUT2D eigenvalue weighted by Crippen LogP contribution is 2.39. The summed E-state index contributed by atoms with van der Waals surface area (Å²) >= 11 is 6.80. The van der Waals surface area contributed by atoms with Crippen molar-refractivity contribution in [2.24, 2.45) is 0 Å². The summed E-state index contributed by atoms with van der Waals surface area (Å²) in [5.74, 6) is -0.385. The zero-order valence-corrected chi connectivity index (χ0v) is 17.6. The molecule has 0 radical (unpaired) electrons. The first kappa shape index (κ1) is 21.6. The van der Waals surface area contributed by atoms with E-state index in [4.69, 9.17) is 17.0 Å². The van der Waals surface area contributed by atoms with E-state index in [0.717, 1.165) is 30.9 Å². The van der Waals surface area contributed by atoms with Gasteiger partial charge in [-0.1, -0.05) is 0 Å². The van der Waals surface area contributed by atoms with Crippen molar-refractivity contribution in [3.05, 3.63) is 33.5 Å². The minimum absolute atomic E-state index is 0.332. The Morgan fingerprint density at radius 3 is 2.83 bits per heavy atom. The molecule has 0 amide bonds. The number of esters is 1. The van der Waals surface area contributed by atoms with Crippen LogP contribution in [0.1, 0.15) is 45.0 Å². The number of thiophene rings is 1. The van der Waals surface area contributed by atoms with Crippen molar-refractivity contribution < 1.29 is 22.7 Å². The summed E-state index contributed by atoms with van der Waals surface area (Å²) in [6.45, 7) is 2.37. The van der Waals surface area contributed by atoms with E-state index in [-0.39, 0.29) is 5.97 Å². The third-order valence-electron chi connectivity index (χ3n) is 4.64. The van der Waals surface area contributed by atoms with Crippen LogP contribution in [0.4, 0.5) is 18.2 Å². The second-order valence-electron chi connectivity index (χ2n) is 6.68. The Hall–Kier alpha value is -2.14. The minimum Gasteiger partial charge on any atom is -0.465 e. The van der Waals surface area contributed by atoms with Gasteiger partial charge in [0.15, 0.2) is 10.8 Å². The number of carbonyl (C=O) groups excluding carboxylic acids is 1. The number of fused-ring (bicyclic) bond motifs is 1. The van der Waals surface area contributed by atoms with E-state index in [1.165, 1.54) is 28.0 Å². The summed E-state index contributed by atoms with van der Waals surface area (Å²) < 4.78 is 44.4. The highest BCUT2D eigenvalue weighted by Gasteiger charge is 2.34. The molecule has 1 aliphatic carbocycles. The predicted molar refractivity (Wildman–Crippen MR) is 108 cm³/mol. The monoisotopic (exact) mass is 446 g/mol. The number of halogens is 3.